The van der Waals surface area contributed by atoms with E-state index in [0.29, 0.717) is 0 Å². The lowest BCUT2D eigenvalue weighted by Gasteiger charge is -2.19. The standard InChI is InChI=1S/C15H19N.C2H4/c1-10-11(2)16(6)14-8-7-12(9-13(10)14)15(3,4)5;1-2/h7-9H,1-2H2,3-6H3;1-2H2. The molecule has 1 heterocycles. The quantitative estimate of drug-likeness (QED) is 0.625. The Hall–Kier alpha value is -1.76. The molecule has 1 heteroatoms. The van der Waals surface area contributed by atoms with Crippen LogP contribution >= 0.6 is 0 Å². The maximum Gasteiger partial charge on any atom is 0.0488 e. The summed E-state index contributed by atoms with van der Waals surface area (Å²) in [6.07, 6.45) is 0. The zero-order valence-electron chi connectivity index (χ0n) is 12.0. The lowest BCUT2D eigenvalue weighted by Crippen LogP contribution is -2.24. The molecule has 0 radical (unpaired) electrons. The van der Waals surface area contributed by atoms with Crippen LogP contribution in [0.15, 0.2) is 31.4 Å². The fraction of sp³-hybridized carbons (Fsp3) is 0.294. The molecule has 1 nitrogen and oxygen atoms in total. The average Bonchev–Trinajstić information content (AvgIpc) is 2.56. The van der Waals surface area contributed by atoms with Crippen LogP contribution in [-0.2, 0) is 12.5 Å². The lowest BCUT2D eigenvalue weighted by molar-refractivity contribution is 0.591. The van der Waals surface area contributed by atoms with Gasteiger partial charge >= 0.3 is 0 Å². The first-order valence-corrected chi connectivity index (χ1v) is 6.09. The van der Waals surface area contributed by atoms with Crippen LogP contribution in [0.1, 0.15) is 26.3 Å². The van der Waals surface area contributed by atoms with Gasteiger partial charge < -0.3 is 4.57 Å². The third-order valence-corrected chi connectivity index (χ3v) is 3.30. The molecule has 0 saturated carbocycles. The molecule has 0 spiro atoms. The van der Waals surface area contributed by atoms with Crippen LogP contribution < -0.4 is 10.6 Å². The summed E-state index contributed by atoms with van der Waals surface area (Å²) >= 11 is 0. The minimum atomic E-state index is 0.178. The minimum absolute atomic E-state index is 0.178. The topological polar surface area (TPSA) is 4.93 Å². The summed E-state index contributed by atoms with van der Waals surface area (Å²) in [7, 11) is 2.04. The molecule has 2 rings (SSSR count). The van der Waals surface area contributed by atoms with Crippen LogP contribution in [0.3, 0.4) is 0 Å². The van der Waals surface area contributed by atoms with Crippen molar-refractivity contribution in [2.24, 2.45) is 7.05 Å². The molecule has 1 aromatic carbocycles. The van der Waals surface area contributed by atoms with Crippen molar-refractivity contribution in [1.29, 1.82) is 0 Å². The summed E-state index contributed by atoms with van der Waals surface area (Å²) in [5, 5.41) is 3.27. The van der Waals surface area contributed by atoms with Gasteiger partial charge in [0.2, 0.25) is 0 Å². The van der Waals surface area contributed by atoms with Crippen LogP contribution in [0.4, 0.5) is 0 Å². The van der Waals surface area contributed by atoms with Gasteiger partial charge in [-0.2, -0.15) is 0 Å². The second kappa shape index (κ2) is 4.85. The smallest absolute Gasteiger partial charge is 0.0488 e. The first-order valence-electron chi connectivity index (χ1n) is 6.09. The van der Waals surface area contributed by atoms with Crippen molar-refractivity contribution in [2.45, 2.75) is 26.2 Å². The summed E-state index contributed by atoms with van der Waals surface area (Å²) in [4.78, 5) is 0. The summed E-state index contributed by atoms with van der Waals surface area (Å²) in [5.41, 5.74) is 2.73. The van der Waals surface area contributed by atoms with Gasteiger partial charge in [0.25, 0.3) is 0 Å². The fourth-order valence-corrected chi connectivity index (χ4v) is 2.04. The van der Waals surface area contributed by atoms with Crippen LogP contribution in [0, 0.1) is 0 Å². The van der Waals surface area contributed by atoms with Crippen LogP contribution in [0.25, 0.3) is 24.1 Å². The maximum atomic E-state index is 4.11. The van der Waals surface area contributed by atoms with Crippen LogP contribution in [-0.4, -0.2) is 4.57 Å². The zero-order chi connectivity index (χ0) is 14.1. The Labute approximate surface area is 110 Å². The zero-order valence-corrected chi connectivity index (χ0v) is 12.0. The van der Waals surface area contributed by atoms with Crippen LogP contribution in [0.2, 0.25) is 0 Å². The summed E-state index contributed by atoms with van der Waals surface area (Å²) in [6.45, 7) is 20.8. The largest absolute Gasteiger partial charge is 0.344 e. The molecule has 0 fully saturated rings. The van der Waals surface area contributed by atoms with E-state index in [1.807, 2.05) is 7.05 Å². The Balaban J connectivity index is 0.000000771. The van der Waals surface area contributed by atoms with Crippen molar-refractivity contribution in [2.75, 3.05) is 0 Å². The van der Waals surface area contributed by atoms with E-state index < -0.39 is 0 Å². The highest BCUT2D eigenvalue weighted by Gasteiger charge is 2.14. The predicted octanol–water partition coefficient (Wildman–Crippen LogP) is 3.10. The van der Waals surface area contributed by atoms with Gasteiger partial charge in [-0.3, -0.25) is 0 Å². The number of benzene rings is 1. The Kier molecular flexibility index (Phi) is 3.85. The number of fused-ring (bicyclic) bond motifs is 1. The SMILES string of the molecule is C=C.C=c1c(=C)n(C)c2ccc(C(C)(C)C)cc12. The molecule has 1 aromatic heterocycles. The van der Waals surface area contributed by atoms with Crippen molar-refractivity contribution >= 4 is 24.1 Å². The number of nitrogens with zero attached hydrogens (tertiary/aromatic N) is 1. The Morgan fingerprint density at radius 2 is 1.61 bits per heavy atom. The van der Waals surface area contributed by atoms with E-state index in [-0.39, 0.29) is 5.41 Å². The molecule has 18 heavy (non-hydrogen) atoms. The predicted molar refractivity (Wildman–Crippen MR) is 83.2 cm³/mol. The van der Waals surface area contributed by atoms with E-state index in [0.717, 1.165) is 10.6 Å². The normalized spacial score (nSPS) is 11.1. The first-order chi connectivity index (χ1) is 8.32. The molecule has 0 N–H and O–H groups in total. The third kappa shape index (κ3) is 2.26. The van der Waals surface area contributed by atoms with Crippen LogP contribution in [0.5, 0.6) is 0 Å². The second-order valence-electron chi connectivity index (χ2n) is 5.47. The Morgan fingerprint density at radius 1 is 1.06 bits per heavy atom. The van der Waals surface area contributed by atoms with Gasteiger partial charge in [-0.25, -0.2) is 0 Å². The molecule has 0 unspecified atom stereocenters. The molecule has 2 aromatic rings. The average molecular weight is 241 g/mol. The molecule has 0 amide bonds. The van der Waals surface area contributed by atoms with Crippen molar-refractivity contribution in [3.8, 4) is 0 Å². The highest BCUT2D eigenvalue weighted by atomic mass is 14.9. The van der Waals surface area contributed by atoms with Crippen molar-refractivity contribution < 1.29 is 0 Å². The van der Waals surface area contributed by atoms with E-state index in [1.54, 1.807) is 0 Å². The number of hydrogen-bond acceptors (Lipinski definition) is 0. The van der Waals surface area contributed by atoms with Gasteiger partial charge in [0, 0.05) is 23.3 Å². The van der Waals surface area contributed by atoms with E-state index in [4.69, 9.17) is 0 Å². The third-order valence-electron chi connectivity index (χ3n) is 3.30. The number of aryl methyl sites for hydroxylation is 1. The van der Waals surface area contributed by atoms with Crippen molar-refractivity contribution in [1.82, 2.24) is 4.57 Å². The number of aromatic nitrogens is 1. The molecule has 0 aliphatic carbocycles. The summed E-state index contributed by atoms with van der Waals surface area (Å²) < 4.78 is 2.10. The molecular formula is C17H23N. The molecule has 96 valence electrons. The van der Waals surface area contributed by atoms with Gasteiger partial charge in [0.1, 0.15) is 0 Å². The molecule has 0 bridgehead atoms. The molecule has 0 aliphatic heterocycles. The molecule has 0 atom stereocenters. The Bertz CT molecular complexity index is 653. The van der Waals surface area contributed by atoms with Gasteiger partial charge in [-0.15, -0.1) is 13.2 Å². The molecular weight excluding hydrogens is 218 g/mol. The van der Waals surface area contributed by atoms with E-state index >= 15 is 0 Å². The van der Waals surface area contributed by atoms with Crippen molar-refractivity contribution in [3.05, 3.63) is 47.5 Å². The second-order valence-corrected chi connectivity index (χ2v) is 5.47. The highest BCUT2D eigenvalue weighted by molar-refractivity contribution is 5.82. The fourth-order valence-electron chi connectivity index (χ4n) is 2.04. The van der Waals surface area contributed by atoms with Gasteiger partial charge in [-0.05, 0) is 28.3 Å². The lowest BCUT2D eigenvalue weighted by atomic mass is 9.86. The van der Waals surface area contributed by atoms with Crippen molar-refractivity contribution in [3.63, 3.8) is 0 Å². The Morgan fingerprint density at radius 3 is 2.11 bits per heavy atom. The summed E-state index contributed by atoms with van der Waals surface area (Å²) in [6, 6.07) is 6.60. The maximum absolute atomic E-state index is 4.11. The van der Waals surface area contributed by atoms with E-state index in [2.05, 4.69) is 69.9 Å². The van der Waals surface area contributed by atoms with E-state index in [9.17, 15) is 0 Å². The number of hydrogen-bond donors (Lipinski definition) is 0. The highest BCUT2D eigenvalue weighted by Crippen LogP contribution is 2.24. The van der Waals surface area contributed by atoms with Gasteiger partial charge in [-0.1, -0.05) is 40.0 Å². The van der Waals surface area contributed by atoms with E-state index in [1.165, 1.54) is 16.5 Å². The molecule has 0 aliphatic rings. The monoisotopic (exact) mass is 241 g/mol. The summed E-state index contributed by atoms with van der Waals surface area (Å²) in [5.74, 6) is 0. The van der Waals surface area contributed by atoms with Gasteiger partial charge in [0.15, 0.2) is 0 Å². The molecule has 0 saturated heterocycles. The number of rotatable bonds is 0. The first kappa shape index (κ1) is 14.3. The van der Waals surface area contributed by atoms with Gasteiger partial charge in [0.05, 0.1) is 0 Å². The minimum Gasteiger partial charge on any atom is -0.344 e.